The lowest BCUT2D eigenvalue weighted by atomic mass is 10.3. The van der Waals surface area contributed by atoms with Gasteiger partial charge in [0.1, 0.15) is 5.01 Å². The van der Waals surface area contributed by atoms with Crippen LogP contribution in [0.3, 0.4) is 0 Å². The lowest BCUT2D eigenvalue weighted by Gasteiger charge is -2.20. The van der Waals surface area contributed by atoms with Crippen molar-refractivity contribution in [3.8, 4) is 10.6 Å². The lowest BCUT2D eigenvalue weighted by molar-refractivity contribution is -0.128. The molecule has 1 saturated heterocycles. The smallest absolute Gasteiger partial charge is 0.242 e. The number of sulfonamides is 1. The summed E-state index contributed by atoms with van der Waals surface area (Å²) in [5.74, 6) is 0.539. The van der Waals surface area contributed by atoms with Gasteiger partial charge in [0.15, 0.2) is 0 Å². The number of thiazole rings is 1. The van der Waals surface area contributed by atoms with Crippen LogP contribution < -0.4 is 0 Å². The monoisotopic (exact) mass is 410 g/mol. The molecule has 0 aromatic carbocycles. The fraction of sp³-hybridized carbons (Fsp3) is 0.312. The molecule has 138 valence electrons. The molecule has 3 rings (SSSR count). The van der Waals surface area contributed by atoms with Gasteiger partial charge < -0.3 is 4.90 Å². The van der Waals surface area contributed by atoms with E-state index >= 15 is 0 Å². The molecule has 0 atom stereocenters. The molecular weight excluding hydrogens is 392 g/mol. The van der Waals surface area contributed by atoms with Crippen LogP contribution >= 0.6 is 23.1 Å². The molecule has 0 bridgehead atoms. The number of likely N-dealkylation sites (N-methyl/N-ethyl adjacent to an activating group) is 1. The van der Waals surface area contributed by atoms with Crippen LogP contribution in [0.5, 0.6) is 0 Å². The summed E-state index contributed by atoms with van der Waals surface area (Å²) in [7, 11) is -1.98. The van der Waals surface area contributed by atoms with Crippen LogP contribution in [0.15, 0.2) is 34.9 Å². The van der Waals surface area contributed by atoms with E-state index in [2.05, 4.69) is 9.97 Å². The van der Waals surface area contributed by atoms with E-state index in [4.69, 9.17) is 0 Å². The molecule has 2 aromatic rings. The molecule has 10 heteroatoms. The lowest BCUT2D eigenvalue weighted by Crippen LogP contribution is -2.38. The number of aromatic nitrogens is 2. The second-order valence-electron chi connectivity index (χ2n) is 5.71. The first kappa shape index (κ1) is 19.0. The summed E-state index contributed by atoms with van der Waals surface area (Å²) in [5.41, 5.74) is 1.72. The highest BCUT2D eigenvalue weighted by molar-refractivity contribution is 8.03. The molecule has 0 spiro atoms. The Morgan fingerprint density at radius 3 is 2.96 bits per heavy atom. The topological polar surface area (TPSA) is 83.5 Å². The normalized spacial score (nSPS) is 16.6. The number of amides is 1. The zero-order valence-electron chi connectivity index (χ0n) is 14.3. The maximum absolute atomic E-state index is 12.5. The standard InChI is InChI=1S/C16H18N4O3S3/c1-19(26(2,22)23)10-14(21)20-6-7-24-15(20)8-13-11-25-16(18-13)12-4-3-5-17-9-12/h3-5,8-9,11H,6-7,10H2,1-2H3/b15-8+. The van der Waals surface area contributed by atoms with E-state index in [0.717, 1.165) is 37.6 Å². The van der Waals surface area contributed by atoms with Gasteiger partial charge in [-0.3, -0.25) is 9.78 Å². The zero-order chi connectivity index (χ0) is 18.7. The van der Waals surface area contributed by atoms with Crippen molar-refractivity contribution in [1.29, 1.82) is 0 Å². The SMILES string of the molecule is CN(CC(=O)N1CCS/C1=C/c1csc(-c2cccnc2)n1)S(C)(=O)=O. The highest BCUT2D eigenvalue weighted by Crippen LogP contribution is 2.31. The van der Waals surface area contributed by atoms with Gasteiger partial charge in [-0.1, -0.05) is 0 Å². The van der Waals surface area contributed by atoms with E-state index in [-0.39, 0.29) is 12.5 Å². The van der Waals surface area contributed by atoms with Gasteiger partial charge in [0.2, 0.25) is 15.9 Å². The minimum atomic E-state index is -3.39. The number of rotatable bonds is 5. The van der Waals surface area contributed by atoms with Crippen LogP contribution in [0.25, 0.3) is 16.6 Å². The van der Waals surface area contributed by atoms with Crippen molar-refractivity contribution in [2.24, 2.45) is 0 Å². The number of carbonyl (C=O) groups is 1. The molecule has 7 nitrogen and oxygen atoms in total. The van der Waals surface area contributed by atoms with E-state index in [0.29, 0.717) is 6.54 Å². The van der Waals surface area contributed by atoms with Crippen molar-refractivity contribution < 1.29 is 13.2 Å². The molecule has 1 aliphatic rings. The van der Waals surface area contributed by atoms with Gasteiger partial charge >= 0.3 is 0 Å². The van der Waals surface area contributed by atoms with Gasteiger partial charge in [-0.15, -0.1) is 23.1 Å². The molecule has 0 unspecified atom stereocenters. The van der Waals surface area contributed by atoms with Gasteiger partial charge in [-0.25, -0.2) is 13.4 Å². The van der Waals surface area contributed by atoms with Crippen LogP contribution in [-0.4, -0.2) is 65.6 Å². The second kappa shape index (κ2) is 7.87. The van der Waals surface area contributed by atoms with Gasteiger partial charge in [-0.2, -0.15) is 4.31 Å². The number of thioether (sulfide) groups is 1. The number of pyridine rings is 1. The minimum Gasteiger partial charge on any atom is -0.305 e. The third kappa shape index (κ3) is 4.50. The van der Waals surface area contributed by atoms with Crippen molar-refractivity contribution in [3.63, 3.8) is 0 Å². The van der Waals surface area contributed by atoms with E-state index in [9.17, 15) is 13.2 Å². The maximum atomic E-state index is 12.5. The first-order chi connectivity index (χ1) is 12.3. The summed E-state index contributed by atoms with van der Waals surface area (Å²) in [5, 5.41) is 3.59. The largest absolute Gasteiger partial charge is 0.305 e. The quantitative estimate of drug-likeness (QED) is 0.749. The summed E-state index contributed by atoms with van der Waals surface area (Å²) in [4.78, 5) is 22.8. The van der Waals surface area contributed by atoms with E-state index in [1.807, 2.05) is 23.6 Å². The second-order valence-corrected chi connectivity index (χ2v) is 9.78. The molecule has 0 N–H and O–H groups in total. The van der Waals surface area contributed by atoms with Crippen LogP contribution in [0, 0.1) is 0 Å². The van der Waals surface area contributed by atoms with E-state index < -0.39 is 10.0 Å². The average molecular weight is 411 g/mol. The van der Waals surface area contributed by atoms with Gasteiger partial charge in [0, 0.05) is 42.7 Å². The minimum absolute atomic E-state index is 0.172. The first-order valence-corrected chi connectivity index (χ1v) is 11.5. The molecule has 1 aliphatic heterocycles. The van der Waals surface area contributed by atoms with Crippen molar-refractivity contribution in [2.75, 3.05) is 32.1 Å². The van der Waals surface area contributed by atoms with Crippen LogP contribution in [0.4, 0.5) is 0 Å². The Hall–Kier alpha value is -1.75. The van der Waals surface area contributed by atoms with Gasteiger partial charge in [0.25, 0.3) is 0 Å². The Labute approximate surface area is 160 Å². The molecule has 0 aliphatic carbocycles. The molecule has 26 heavy (non-hydrogen) atoms. The Balaban J connectivity index is 1.76. The van der Waals surface area contributed by atoms with Crippen LogP contribution in [0.1, 0.15) is 5.69 Å². The summed E-state index contributed by atoms with van der Waals surface area (Å²) in [6.07, 6.45) is 6.43. The van der Waals surface area contributed by atoms with Gasteiger partial charge in [0.05, 0.1) is 23.5 Å². The average Bonchev–Trinajstić information content (AvgIpc) is 3.24. The van der Waals surface area contributed by atoms with Crippen molar-refractivity contribution in [3.05, 3.63) is 40.6 Å². The summed E-state index contributed by atoms with van der Waals surface area (Å²) >= 11 is 3.08. The third-order valence-electron chi connectivity index (χ3n) is 3.76. The summed E-state index contributed by atoms with van der Waals surface area (Å²) in [6, 6.07) is 3.81. The van der Waals surface area contributed by atoms with Gasteiger partial charge in [-0.05, 0) is 18.2 Å². The first-order valence-electron chi connectivity index (χ1n) is 7.76. The van der Waals surface area contributed by atoms with Crippen molar-refractivity contribution >= 4 is 45.1 Å². The molecule has 1 fully saturated rings. The third-order valence-corrected chi connectivity index (χ3v) is 6.95. The molecule has 2 aromatic heterocycles. The maximum Gasteiger partial charge on any atom is 0.242 e. The summed E-state index contributed by atoms with van der Waals surface area (Å²) < 4.78 is 24.1. The number of hydrogen-bond donors (Lipinski definition) is 0. The van der Waals surface area contributed by atoms with Crippen molar-refractivity contribution in [1.82, 2.24) is 19.2 Å². The van der Waals surface area contributed by atoms with E-state index in [1.165, 1.54) is 18.4 Å². The highest BCUT2D eigenvalue weighted by atomic mass is 32.2. The number of carbonyl (C=O) groups excluding carboxylic acids is 1. The summed E-state index contributed by atoms with van der Waals surface area (Å²) in [6.45, 7) is 0.390. The number of nitrogens with zero attached hydrogens (tertiary/aromatic N) is 4. The Morgan fingerprint density at radius 1 is 1.46 bits per heavy atom. The Bertz CT molecular complexity index is 925. The molecular formula is C16H18N4O3S3. The molecule has 1 amide bonds. The van der Waals surface area contributed by atoms with Crippen molar-refractivity contribution in [2.45, 2.75) is 0 Å². The predicted octanol–water partition coefficient (Wildman–Crippen LogP) is 1.97. The molecule has 3 heterocycles. The zero-order valence-corrected chi connectivity index (χ0v) is 16.8. The Kier molecular flexibility index (Phi) is 5.76. The number of hydrogen-bond acceptors (Lipinski definition) is 7. The Morgan fingerprint density at radius 2 is 2.27 bits per heavy atom. The van der Waals surface area contributed by atoms with Crippen LogP contribution in [0.2, 0.25) is 0 Å². The van der Waals surface area contributed by atoms with Crippen LogP contribution in [-0.2, 0) is 14.8 Å². The molecule has 0 radical (unpaired) electrons. The van der Waals surface area contributed by atoms with E-state index in [1.54, 1.807) is 29.1 Å². The fourth-order valence-corrected chi connectivity index (χ4v) is 4.44. The highest BCUT2D eigenvalue weighted by Gasteiger charge is 2.27. The predicted molar refractivity (Wildman–Crippen MR) is 105 cm³/mol. The fourth-order valence-electron chi connectivity index (χ4n) is 2.29. The molecule has 0 saturated carbocycles.